The summed E-state index contributed by atoms with van der Waals surface area (Å²) in [5, 5.41) is 31.3. The molecule has 1 aliphatic heterocycles. The van der Waals surface area contributed by atoms with Gasteiger partial charge >= 0.3 is 0 Å². The molecule has 4 fully saturated rings. The van der Waals surface area contributed by atoms with Crippen molar-refractivity contribution >= 4 is 11.6 Å². The molecule has 8 heteroatoms. The minimum Gasteiger partial charge on any atom is -0.390 e. The molecule has 29 heavy (non-hydrogen) atoms. The number of hydrogen-bond donors (Lipinski definition) is 3. The number of fused-ring (bicyclic) bond motifs is 4. The number of rotatable bonds is 2. The Hall–Kier alpha value is -1.48. The van der Waals surface area contributed by atoms with Gasteiger partial charge in [0.25, 0.3) is 0 Å². The summed E-state index contributed by atoms with van der Waals surface area (Å²) in [5.74, 6) is -2.69. The molecule has 3 saturated carbocycles. The molecule has 0 amide bonds. The van der Waals surface area contributed by atoms with E-state index in [2.05, 4.69) is 0 Å². The fraction of sp³-hybridized carbons (Fsp3) is 0.714. The van der Waals surface area contributed by atoms with Gasteiger partial charge in [-0.2, -0.15) is 0 Å². The Morgan fingerprint density at radius 1 is 1.28 bits per heavy atom. The van der Waals surface area contributed by atoms with Crippen LogP contribution in [0.1, 0.15) is 26.2 Å². The second-order valence-corrected chi connectivity index (χ2v) is 9.46. The van der Waals surface area contributed by atoms with E-state index < -0.39 is 70.5 Å². The van der Waals surface area contributed by atoms with Crippen LogP contribution in [0.25, 0.3) is 0 Å². The Kier molecular flexibility index (Phi) is 3.76. The van der Waals surface area contributed by atoms with Crippen LogP contribution in [-0.2, 0) is 14.3 Å². The number of hydrogen-bond acceptors (Lipinski definition) is 6. The Labute approximate surface area is 166 Å². The van der Waals surface area contributed by atoms with E-state index in [1.807, 2.05) is 0 Å². The van der Waals surface area contributed by atoms with Gasteiger partial charge in [0.05, 0.1) is 18.8 Å². The molecular weight excluding hydrogens is 386 g/mol. The number of carbonyl (C=O) groups excluding carboxylic acids is 2. The zero-order chi connectivity index (χ0) is 21.0. The van der Waals surface area contributed by atoms with Crippen LogP contribution in [0.2, 0.25) is 0 Å². The van der Waals surface area contributed by atoms with Gasteiger partial charge in [-0.05, 0) is 49.8 Å². The van der Waals surface area contributed by atoms with Crippen molar-refractivity contribution in [2.45, 2.75) is 55.8 Å². The van der Waals surface area contributed by atoms with Crippen LogP contribution in [-0.4, -0.2) is 69.7 Å². The van der Waals surface area contributed by atoms with Crippen LogP contribution in [0.5, 0.6) is 0 Å². The molecule has 158 valence electrons. The third-order valence-electron chi connectivity index (χ3n) is 8.65. The zero-order valence-corrected chi connectivity index (χ0v) is 16.0. The lowest BCUT2D eigenvalue weighted by atomic mass is 9.43. The number of carbonyl (C=O) groups is 2. The number of allylic oxidation sites excluding steroid dienone is 4. The summed E-state index contributed by atoms with van der Waals surface area (Å²) in [6, 6.07) is 0. The van der Waals surface area contributed by atoms with Crippen LogP contribution >= 0.6 is 0 Å². The third-order valence-corrected chi connectivity index (χ3v) is 8.65. The molecule has 0 radical (unpaired) electrons. The number of halogens is 2. The van der Waals surface area contributed by atoms with Crippen LogP contribution in [0, 0.1) is 22.7 Å². The summed E-state index contributed by atoms with van der Waals surface area (Å²) in [6.45, 7) is 0.694. The first-order valence-electron chi connectivity index (χ1n) is 10.0. The largest absolute Gasteiger partial charge is 0.390 e. The van der Waals surface area contributed by atoms with Crippen molar-refractivity contribution in [3.8, 4) is 0 Å². The predicted molar refractivity (Wildman–Crippen MR) is 95.1 cm³/mol. The lowest BCUT2D eigenvalue weighted by molar-refractivity contribution is -0.316. The highest BCUT2D eigenvalue weighted by Crippen LogP contribution is 2.73. The number of aliphatic hydroxyl groups excluding tert-OH is 3. The van der Waals surface area contributed by atoms with Gasteiger partial charge in [-0.25, -0.2) is 8.78 Å². The van der Waals surface area contributed by atoms with Crippen molar-refractivity contribution < 1.29 is 38.4 Å². The van der Waals surface area contributed by atoms with Crippen molar-refractivity contribution in [1.29, 1.82) is 0 Å². The first-order chi connectivity index (χ1) is 13.6. The van der Waals surface area contributed by atoms with Gasteiger partial charge in [0.15, 0.2) is 22.8 Å². The van der Waals surface area contributed by atoms with Gasteiger partial charge in [-0.1, -0.05) is 6.08 Å². The molecule has 1 heterocycles. The van der Waals surface area contributed by atoms with E-state index >= 15 is 8.78 Å². The Morgan fingerprint density at radius 2 is 2.00 bits per heavy atom. The normalized spacial score (nSPS) is 55.2. The molecule has 3 N–H and O–H groups in total. The molecule has 0 aromatic heterocycles. The third kappa shape index (κ3) is 1.86. The van der Waals surface area contributed by atoms with Crippen LogP contribution in [0.4, 0.5) is 8.78 Å². The van der Waals surface area contributed by atoms with Crippen molar-refractivity contribution in [3.05, 3.63) is 23.8 Å². The second-order valence-electron chi connectivity index (χ2n) is 9.46. The number of Topliss-reactive ketones (excluding diaryl/α,β-unsaturated/α-hetero) is 1. The van der Waals surface area contributed by atoms with Crippen molar-refractivity contribution in [2.75, 3.05) is 13.2 Å². The molecule has 0 aromatic carbocycles. The Bertz CT molecular complexity index is 871. The van der Waals surface area contributed by atoms with E-state index in [1.165, 1.54) is 19.1 Å². The highest BCUT2D eigenvalue weighted by molar-refractivity contribution is 6.01. The van der Waals surface area contributed by atoms with E-state index in [0.29, 0.717) is 0 Å². The van der Waals surface area contributed by atoms with E-state index in [9.17, 15) is 24.9 Å². The first-order valence-corrected chi connectivity index (χ1v) is 10.0. The van der Waals surface area contributed by atoms with Gasteiger partial charge in [0, 0.05) is 16.7 Å². The summed E-state index contributed by atoms with van der Waals surface area (Å²) in [5.41, 5.74) is -6.47. The van der Waals surface area contributed by atoms with Gasteiger partial charge in [-0.15, -0.1) is 0 Å². The lowest BCUT2D eigenvalue weighted by Gasteiger charge is -2.67. The van der Waals surface area contributed by atoms with E-state index in [4.69, 9.17) is 4.74 Å². The van der Waals surface area contributed by atoms with Gasteiger partial charge in [0.2, 0.25) is 0 Å². The average Bonchev–Trinajstić information content (AvgIpc) is 2.83. The standard InChI is InChI=1S/C21H24F2O6/c1-18-3-2-10(25)4-13(18)14(22)5-12-11-6-15(26)21(17(28)8-24)19(11,9-29-21)7-16(27)20(12,18)23/h2-4,11-12,14-16,24,26-27H,5-9H2,1H3/t11-,12-,14-,15+,16-,18-,19+,20-,21-/m0/s1. The smallest absolute Gasteiger partial charge is 0.193 e. The fourth-order valence-corrected chi connectivity index (χ4v) is 7.34. The molecule has 6 nitrogen and oxygen atoms in total. The molecule has 1 spiro atoms. The molecule has 5 rings (SSSR count). The van der Waals surface area contributed by atoms with Crippen LogP contribution in [0.3, 0.4) is 0 Å². The first kappa shape index (κ1) is 19.5. The molecule has 4 aliphatic carbocycles. The van der Waals surface area contributed by atoms with Gasteiger partial charge in [-0.3, -0.25) is 9.59 Å². The monoisotopic (exact) mass is 410 g/mol. The topological polar surface area (TPSA) is 104 Å². The molecule has 1 saturated heterocycles. The molecule has 0 bridgehead atoms. The molecular formula is C21H24F2O6. The minimum absolute atomic E-state index is 0.0271. The highest BCUT2D eigenvalue weighted by atomic mass is 19.1. The summed E-state index contributed by atoms with van der Waals surface area (Å²) in [7, 11) is 0. The quantitative estimate of drug-likeness (QED) is 0.616. The van der Waals surface area contributed by atoms with Crippen molar-refractivity contribution in [3.63, 3.8) is 0 Å². The summed E-state index contributed by atoms with van der Waals surface area (Å²) in [6.07, 6.45) is -1.09. The van der Waals surface area contributed by atoms with E-state index in [0.717, 1.165) is 6.08 Å². The Balaban J connectivity index is 1.65. The maximum absolute atomic E-state index is 16.8. The van der Waals surface area contributed by atoms with Crippen molar-refractivity contribution in [1.82, 2.24) is 0 Å². The second kappa shape index (κ2) is 5.60. The van der Waals surface area contributed by atoms with Crippen LogP contribution in [0.15, 0.2) is 23.8 Å². The summed E-state index contributed by atoms with van der Waals surface area (Å²) in [4.78, 5) is 24.4. The maximum atomic E-state index is 16.8. The zero-order valence-electron chi connectivity index (χ0n) is 16.0. The predicted octanol–water partition coefficient (Wildman–Crippen LogP) is 0.586. The van der Waals surface area contributed by atoms with Gasteiger partial charge < -0.3 is 20.1 Å². The average molecular weight is 410 g/mol. The minimum atomic E-state index is -2.26. The molecule has 9 atom stereocenters. The molecule has 0 aromatic rings. The highest BCUT2D eigenvalue weighted by Gasteiger charge is 2.82. The van der Waals surface area contributed by atoms with Gasteiger partial charge in [0.1, 0.15) is 12.8 Å². The van der Waals surface area contributed by atoms with E-state index in [1.54, 1.807) is 0 Å². The number of alkyl halides is 2. The lowest BCUT2D eigenvalue weighted by Crippen LogP contribution is -2.77. The Morgan fingerprint density at radius 3 is 2.62 bits per heavy atom. The van der Waals surface area contributed by atoms with E-state index in [-0.39, 0.29) is 31.4 Å². The van der Waals surface area contributed by atoms with Crippen molar-refractivity contribution in [2.24, 2.45) is 22.7 Å². The number of aliphatic hydroxyl groups is 3. The number of ether oxygens (including phenoxy) is 1. The number of ketones is 2. The summed E-state index contributed by atoms with van der Waals surface area (Å²) < 4.78 is 37.6. The maximum Gasteiger partial charge on any atom is 0.193 e. The molecule has 0 unspecified atom stereocenters. The van der Waals surface area contributed by atoms with Crippen LogP contribution < -0.4 is 0 Å². The fourth-order valence-electron chi connectivity index (χ4n) is 7.34. The summed E-state index contributed by atoms with van der Waals surface area (Å²) >= 11 is 0. The SMILES string of the molecule is C[C@]12C=CC(=O)C=C1[C@@H](F)C[C@H]1[C@@H]3C[C@@H](O)[C@@]4(C(=O)CO)OC[C@]34C[C@H](O)[C@@]12F. The molecule has 5 aliphatic rings.